The first-order chi connectivity index (χ1) is 19.7. The summed E-state index contributed by atoms with van der Waals surface area (Å²) >= 11 is 0. The second-order valence-corrected chi connectivity index (χ2v) is 11.8. The topological polar surface area (TPSA) is 304 Å². The van der Waals surface area contributed by atoms with Crippen molar-refractivity contribution < 1.29 is 23.7 Å². The van der Waals surface area contributed by atoms with Gasteiger partial charge in [-0.05, 0) is 87.1 Å². The highest BCUT2D eigenvalue weighted by Crippen LogP contribution is 2.24. The summed E-state index contributed by atoms with van der Waals surface area (Å²) in [6, 6.07) is 12.2. The molecule has 0 spiro atoms. The molecule has 2 fully saturated rings. The molecule has 2 aliphatic heterocycles. The van der Waals surface area contributed by atoms with Crippen LogP contribution in [0.5, 0.6) is 0 Å². The van der Waals surface area contributed by atoms with Crippen molar-refractivity contribution in [1.82, 2.24) is 39.6 Å². The summed E-state index contributed by atoms with van der Waals surface area (Å²) in [5, 5.41) is 10.9. The van der Waals surface area contributed by atoms with Crippen molar-refractivity contribution in [3.8, 4) is 0 Å². The number of hydrogen-bond donors (Lipinski definition) is 7. The van der Waals surface area contributed by atoms with Crippen LogP contribution < -0.4 is 50.2 Å². The second-order valence-electron chi connectivity index (χ2n) is 10.3. The molecule has 16 nitrogen and oxygen atoms in total. The van der Waals surface area contributed by atoms with E-state index in [1.165, 1.54) is 37.1 Å². The summed E-state index contributed by atoms with van der Waals surface area (Å²) < 4.78 is 22.8. The van der Waals surface area contributed by atoms with Gasteiger partial charge in [-0.25, -0.2) is 13.6 Å². The van der Waals surface area contributed by atoms with Gasteiger partial charge in [0.05, 0.1) is 11.3 Å². The Labute approximate surface area is 282 Å². The summed E-state index contributed by atoms with van der Waals surface area (Å²) in [6.07, 6.45) is 6.53. The third-order valence-corrected chi connectivity index (χ3v) is 8.07. The summed E-state index contributed by atoms with van der Waals surface area (Å²) in [4.78, 5) is 43.7. The number of aromatic nitrogens is 3. The number of nitrogens with one attached hydrogen (secondary N) is 2. The number of carbonyl (C=O) groups is 2. The summed E-state index contributed by atoms with van der Waals surface area (Å²) in [5.41, 5.74) is 1.45. The monoisotopic (exact) mass is 690 g/mol. The lowest BCUT2D eigenvalue weighted by Crippen LogP contribution is -2.34. The van der Waals surface area contributed by atoms with E-state index in [1.54, 1.807) is 24.3 Å². The average Bonchev–Trinajstić information content (AvgIpc) is 2.98. The van der Waals surface area contributed by atoms with Crippen LogP contribution >= 0.6 is 12.4 Å². The molecule has 1 aromatic heterocycles. The normalized spacial score (nSPS) is 14.1. The number of carbonyl (C=O) groups excluding carboxylic acids is 2. The summed E-state index contributed by atoms with van der Waals surface area (Å²) in [6.45, 7) is 3.70. The van der Waals surface area contributed by atoms with Crippen molar-refractivity contribution in [3.63, 3.8) is 0 Å². The molecule has 0 atom stereocenters. The largest absolute Gasteiger partial charge is 0.344 e. The van der Waals surface area contributed by atoms with Crippen LogP contribution in [0.1, 0.15) is 61.0 Å². The number of nitrogens with zero attached hydrogens (tertiary/aromatic N) is 5. The minimum Gasteiger partial charge on any atom is -0.344 e. The zero-order chi connectivity index (χ0) is 28.8. The molecule has 1 amide bonds. The third kappa shape index (κ3) is 11.1. The highest BCUT2D eigenvalue weighted by atomic mass is 35.5. The molecule has 2 saturated heterocycles. The van der Waals surface area contributed by atoms with Crippen molar-refractivity contribution in [2.24, 2.45) is 5.14 Å². The Morgan fingerprint density at radius 2 is 1.17 bits per heavy atom. The molecule has 264 valence electrons. The van der Waals surface area contributed by atoms with E-state index in [1.807, 2.05) is 0 Å². The van der Waals surface area contributed by atoms with Gasteiger partial charge < -0.3 is 45.0 Å². The molecule has 0 bridgehead atoms. The van der Waals surface area contributed by atoms with Crippen LogP contribution in [0.4, 0.5) is 29.2 Å². The molecule has 18 heteroatoms. The fourth-order valence-corrected chi connectivity index (χ4v) is 5.45. The van der Waals surface area contributed by atoms with Gasteiger partial charge in [-0.1, -0.05) is 0 Å². The fourth-order valence-electron chi connectivity index (χ4n) is 4.93. The number of benzene rings is 2. The Kier molecular flexibility index (Phi) is 17.2. The molecule has 3 aromatic rings. The molecule has 0 aliphatic carbocycles. The predicted molar refractivity (Wildman–Crippen MR) is 193 cm³/mol. The Balaban J connectivity index is -0.000000750. The van der Waals surface area contributed by atoms with Gasteiger partial charge in [0.15, 0.2) is 5.78 Å². The van der Waals surface area contributed by atoms with Crippen LogP contribution in [0.2, 0.25) is 0 Å². The number of anilines is 5. The van der Waals surface area contributed by atoms with Crippen molar-refractivity contribution >= 4 is 63.3 Å². The molecule has 0 saturated carbocycles. The first-order valence-corrected chi connectivity index (χ1v) is 15.4. The number of piperidine rings is 2. The number of hydrogen-bond acceptors (Lipinski definition) is 14. The number of Topliss-reactive ketones (excluding diaryl/α,β-unsaturated/α-hetero) is 1. The SMILES string of the molecule is Cl.N.N.N.N.NS(=O)(=O)c1ccc(NC(=O)CC(=O)c2ccc(Nc3nc(N4CCCCC4)nc(N4CCCCC4)n3)cc2)cc1.[HH].[HH].[HH].[HH]. The summed E-state index contributed by atoms with van der Waals surface area (Å²) in [5.74, 6) is 0.948. The minimum atomic E-state index is -3.83. The number of nitrogens with two attached hydrogens (primary N) is 1. The molecule has 16 N–H and O–H groups in total. The van der Waals surface area contributed by atoms with Crippen LogP contribution in [0.25, 0.3) is 0 Å². The van der Waals surface area contributed by atoms with E-state index in [9.17, 15) is 18.0 Å². The number of halogens is 1. The van der Waals surface area contributed by atoms with Gasteiger partial charge in [0.2, 0.25) is 33.8 Å². The van der Waals surface area contributed by atoms with Crippen molar-refractivity contribution in [1.29, 1.82) is 0 Å². The number of sulfonamides is 1. The van der Waals surface area contributed by atoms with Gasteiger partial charge in [0, 0.05) is 48.8 Å². The van der Waals surface area contributed by atoms with Crippen molar-refractivity contribution in [3.05, 3.63) is 54.1 Å². The first kappa shape index (κ1) is 42.0. The molecule has 0 unspecified atom stereocenters. The standard InChI is InChI=1S/C28H34N8O4S.ClH.4H3N.4H2/c29-41(39,40)23-13-11-21(12-14-23)30-25(38)19-24(37)20-7-9-22(10-8-20)31-26-32-27(35-15-3-1-4-16-35)34-28(33-26)36-17-5-2-6-18-36;;;;;;;;;/h7-14H,1-6,15-19H2,(H,30,38)(H2,29,39,40)(H,31,32,33,34);1H;4*1H3;4*1H. The number of amides is 1. The van der Waals surface area contributed by atoms with E-state index >= 15 is 0 Å². The van der Waals surface area contributed by atoms with Crippen molar-refractivity contribution in [2.75, 3.05) is 46.6 Å². The predicted octanol–water partition coefficient (Wildman–Crippen LogP) is 5.51. The maximum absolute atomic E-state index is 12.7. The zero-order valence-corrected chi connectivity index (χ0v) is 27.6. The van der Waals surface area contributed by atoms with E-state index in [2.05, 4.69) is 20.4 Å². The molecule has 46 heavy (non-hydrogen) atoms. The lowest BCUT2D eigenvalue weighted by molar-refractivity contribution is -0.115. The molecule has 2 aliphatic rings. The van der Waals surface area contributed by atoms with Gasteiger partial charge in [-0.3, -0.25) is 9.59 Å². The van der Waals surface area contributed by atoms with E-state index in [4.69, 9.17) is 20.1 Å². The van der Waals surface area contributed by atoms with Crippen LogP contribution in [0.3, 0.4) is 0 Å². The highest BCUT2D eigenvalue weighted by Gasteiger charge is 2.21. The highest BCUT2D eigenvalue weighted by molar-refractivity contribution is 7.89. The Morgan fingerprint density at radius 3 is 1.63 bits per heavy atom. The second kappa shape index (κ2) is 18.9. The average molecular weight is 691 g/mol. The first-order valence-electron chi connectivity index (χ1n) is 13.8. The maximum atomic E-state index is 12.7. The minimum absolute atomic E-state index is 0. The number of primary sulfonamides is 1. The smallest absolute Gasteiger partial charge is 0.238 e. The molecular weight excluding hydrogens is 636 g/mol. The van der Waals surface area contributed by atoms with Crippen molar-refractivity contribution in [2.45, 2.75) is 49.8 Å². The lowest BCUT2D eigenvalue weighted by atomic mass is 10.1. The summed E-state index contributed by atoms with van der Waals surface area (Å²) in [7, 11) is -3.83. The van der Waals surface area contributed by atoms with Gasteiger partial charge in [-0.2, -0.15) is 15.0 Å². The van der Waals surface area contributed by atoms with Gasteiger partial charge in [0.25, 0.3) is 0 Å². The zero-order valence-electron chi connectivity index (χ0n) is 26.0. The molecular formula is C28H55ClN12O4S. The number of rotatable bonds is 9. The quantitative estimate of drug-likeness (QED) is 0.108. The molecule has 3 heterocycles. The van der Waals surface area contributed by atoms with Gasteiger partial charge in [-0.15, -0.1) is 12.4 Å². The van der Waals surface area contributed by atoms with Crippen LogP contribution in [0, 0.1) is 0 Å². The molecule has 2 aromatic carbocycles. The van der Waals surface area contributed by atoms with E-state index in [0.717, 1.165) is 51.9 Å². The maximum Gasteiger partial charge on any atom is 0.238 e. The van der Waals surface area contributed by atoms with Crippen LogP contribution in [-0.4, -0.2) is 61.2 Å². The van der Waals surface area contributed by atoms with E-state index in [0.29, 0.717) is 34.8 Å². The number of ketones is 1. The Morgan fingerprint density at radius 1 is 0.717 bits per heavy atom. The van der Waals surface area contributed by atoms with Crippen LogP contribution in [0.15, 0.2) is 53.4 Å². The Hall–Kier alpha value is -3.97. The van der Waals surface area contributed by atoms with Crippen LogP contribution in [-0.2, 0) is 14.8 Å². The van der Waals surface area contributed by atoms with E-state index < -0.39 is 15.9 Å². The van der Waals surface area contributed by atoms with Gasteiger partial charge in [0.1, 0.15) is 0 Å². The molecule has 5 rings (SSSR count). The van der Waals surface area contributed by atoms with Gasteiger partial charge >= 0.3 is 0 Å². The lowest BCUT2D eigenvalue weighted by Gasteiger charge is -2.30. The third-order valence-electron chi connectivity index (χ3n) is 7.14. The van der Waals surface area contributed by atoms with E-state index in [-0.39, 0.29) is 59.8 Å². The Bertz CT molecular complexity index is 1480. The molecule has 0 radical (unpaired) electrons. The fraction of sp³-hybridized carbons (Fsp3) is 0.393.